The van der Waals surface area contributed by atoms with Crippen molar-refractivity contribution in [1.82, 2.24) is 20.5 Å². The summed E-state index contributed by atoms with van der Waals surface area (Å²) in [4.78, 5) is 4.52. The maximum Gasteiger partial charge on any atom is 0.183 e. The number of nitrogens with zero attached hydrogens (tertiary/aromatic N) is 2. The zero-order valence-corrected chi connectivity index (χ0v) is 8.33. The highest BCUT2D eigenvalue weighted by atomic mass is 15.2. The normalized spacial score (nSPS) is 21.2. The molecule has 0 radical (unpaired) electrons. The monoisotopic (exact) mass is 203 g/mol. The lowest BCUT2D eigenvalue weighted by atomic mass is 10.0. The fraction of sp³-hybridized carbons (Fsp3) is 0.400. The number of pyridine rings is 1. The molecule has 0 bridgehead atoms. The molecule has 15 heavy (non-hydrogen) atoms. The van der Waals surface area contributed by atoms with Gasteiger partial charge < -0.3 is 11.1 Å². The Kier molecular flexibility index (Phi) is 1.85. The van der Waals surface area contributed by atoms with E-state index in [9.17, 15) is 0 Å². The summed E-state index contributed by atoms with van der Waals surface area (Å²) in [7, 11) is 0. The van der Waals surface area contributed by atoms with E-state index in [1.807, 2.05) is 12.1 Å². The zero-order valence-electron chi connectivity index (χ0n) is 8.33. The van der Waals surface area contributed by atoms with Gasteiger partial charge in [0.15, 0.2) is 5.65 Å². The van der Waals surface area contributed by atoms with Crippen molar-refractivity contribution in [3.63, 3.8) is 0 Å². The zero-order chi connectivity index (χ0) is 10.3. The van der Waals surface area contributed by atoms with E-state index in [2.05, 4.69) is 20.5 Å². The summed E-state index contributed by atoms with van der Waals surface area (Å²) in [5.41, 5.74) is 7.54. The van der Waals surface area contributed by atoms with Crippen LogP contribution < -0.4 is 11.1 Å². The standard InChI is InChI=1S/C10H13N5/c11-9-7-1-2-8(6-3-4-12-5-6)13-10(7)15-14-9/h1-2,6,12H,3-5H2,(H3,11,13,14,15). The van der Waals surface area contributed by atoms with Gasteiger partial charge in [0.05, 0.1) is 5.39 Å². The molecule has 78 valence electrons. The Morgan fingerprint density at radius 2 is 2.33 bits per heavy atom. The minimum atomic E-state index is 0.521. The molecule has 0 amide bonds. The molecule has 0 saturated carbocycles. The van der Waals surface area contributed by atoms with Crippen molar-refractivity contribution in [2.45, 2.75) is 12.3 Å². The van der Waals surface area contributed by atoms with Crippen molar-refractivity contribution in [2.75, 3.05) is 18.8 Å². The van der Waals surface area contributed by atoms with Crippen molar-refractivity contribution >= 4 is 16.9 Å². The Hall–Kier alpha value is -1.62. The number of aromatic amines is 1. The number of fused-ring (bicyclic) bond motifs is 1. The molecule has 1 saturated heterocycles. The predicted octanol–water partition coefficient (Wildman–Crippen LogP) is 0.617. The van der Waals surface area contributed by atoms with Crippen LogP contribution in [0.1, 0.15) is 18.0 Å². The van der Waals surface area contributed by atoms with Gasteiger partial charge in [-0.1, -0.05) is 0 Å². The van der Waals surface area contributed by atoms with Crippen LogP contribution in [0.2, 0.25) is 0 Å². The number of hydrogen-bond acceptors (Lipinski definition) is 4. The second-order valence-electron chi connectivity index (χ2n) is 3.93. The van der Waals surface area contributed by atoms with Crippen LogP contribution in [0.25, 0.3) is 11.0 Å². The molecule has 0 aliphatic carbocycles. The van der Waals surface area contributed by atoms with Gasteiger partial charge in [-0.3, -0.25) is 5.10 Å². The molecular weight excluding hydrogens is 190 g/mol. The molecule has 1 aliphatic rings. The Balaban J connectivity index is 2.05. The molecule has 1 fully saturated rings. The van der Waals surface area contributed by atoms with Crippen molar-refractivity contribution in [3.8, 4) is 0 Å². The molecular formula is C10H13N5. The molecule has 2 aromatic rings. The minimum absolute atomic E-state index is 0.521. The van der Waals surface area contributed by atoms with Crippen molar-refractivity contribution < 1.29 is 0 Å². The highest BCUT2D eigenvalue weighted by Crippen LogP contribution is 2.23. The Morgan fingerprint density at radius 1 is 1.40 bits per heavy atom. The summed E-state index contributed by atoms with van der Waals surface area (Å²) in [6.45, 7) is 2.09. The third kappa shape index (κ3) is 1.35. The Morgan fingerprint density at radius 3 is 3.13 bits per heavy atom. The second-order valence-corrected chi connectivity index (χ2v) is 3.93. The van der Waals surface area contributed by atoms with Gasteiger partial charge in [-0.05, 0) is 25.1 Å². The molecule has 4 N–H and O–H groups in total. The van der Waals surface area contributed by atoms with Crippen LogP contribution in [0.15, 0.2) is 12.1 Å². The van der Waals surface area contributed by atoms with Gasteiger partial charge in [0.2, 0.25) is 0 Å². The van der Waals surface area contributed by atoms with E-state index in [0.717, 1.165) is 36.2 Å². The van der Waals surface area contributed by atoms with Crippen LogP contribution in [0.4, 0.5) is 5.82 Å². The van der Waals surface area contributed by atoms with Crippen molar-refractivity contribution in [2.24, 2.45) is 0 Å². The number of hydrogen-bond donors (Lipinski definition) is 3. The molecule has 5 heteroatoms. The number of H-pyrrole nitrogens is 1. The summed E-state index contributed by atoms with van der Waals surface area (Å²) in [6, 6.07) is 4.04. The predicted molar refractivity (Wildman–Crippen MR) is 58.5 cm³/mol. The first-order valence-electron chi connectivity index (χ1n) is 5.16. The number of nitrogens with one attached hydrogen (secondary N) is 2. The third-order valence-corrected chi connectivity index (χ3v) is 2.95. The lowest BCUT2D eigenvalue weighted by Gasteiger charge is -2.06. The first-order chi connectivity index (χ1) is 7.34. The van der Waals surface area contributed by atoms with Crippen LogP contribution in [-0.4, -0.2) is 28.3 Å². The largest absolute Gasteiger partial charge is 0.384 e. The van der Waals surface area contributed by atoms with E-state index in [0.29, 0.717) is 11.7 Å². The summed E-state index contributed by atoms with van der Waals surface area (Å²) in [5, 5.41) is 11.1. The minimum Gasteiger partial charge on any atom is -0.384 e. The quantitative estimate of drug-likeness (QED) is 0.634. The summed E-state index contributed by atoms with van der Waals surface area (Å²) in [6.07, 6.45) is 1.15. The number of nitrogen functional groups attached to an aromatic ring is 1. The van der Waals surface area contributed by atoms with Crippen LogP contribution in [0.3, 0.4) is 0 Å². The topological polar surface area (TPSA) is 79.6 Å². The van der Waals surface area contributed by atoms with Crippen LogP contribution in [0.5, 0.6) is 0 Å². The molecule has 1 aliphatic heterocycles. The van der Waals surface area contributed by atoms with Crippen LogP contribution in [0, 0.1) is 0 Å². The smallest absolute Gasteiger partial charge is 0.183 e. The first kappa shape index (κ1) is 8.67. The molecule has 1 unspecified atom stereocenters. The number of nitrogens with two attached hydrogens (primary N) is 1. The van der Waals surface area contributed by atoms with Gasteiger partial charge in [-0.2, -0.15) is 5.10 Å². The molecule has 3 heterocycles. The maximum atomic E-state index is 5.71. The molecule has 0 spiro atoms. The maximum absolute atomic E-state index is 5.71. The molecule has 5 nitrogen and oxygen atoms in total. The van der Waals surface area contributed by atoms with Crippen LogP contribution in [-0.2, 0) is 0 Å². The van der Waals surface area contributed by atoms with E-state index in [1.165, 1.54) is 0 Å². The van der Waals surface area contributed by atoms with Gasteiger partial charge >= 0.3 is 0 Å². The van der Waals surface area contributed by atoms with Crippen LogP contribution >= 0.6 is 0 Å². The highest BCUT2D eigenvalue weighted by Gasteiger charge is 2.18. The van der Waals surface area contributed by atoms with Gasteiger partial charge in [0.25, 0.3) is 0 Å². The van der Waals surface area contributed by atoms with E-state index >= 15 is 0 Å². The first-order valence-corrected chi connectivity index (χ1v) is 5.16. The fourth-order valence-corrected chi connectivity index (χ4v) is 2.07. The van der Waals surface area contributed by atoms with E-state index < -0.39 is 0 Å². The average Bonchev–Trinajstić information content (AvgIpc) is 2.88. The fourth-order valence-electron chi connectivity index (χ4n) is 2.07. The van der Waals surface area contributed by atoms with Gasteiger partial charge in [-0.25, -0.2) is 4.98 Å². The van der Waals surface area contributed by atoms with Gasteiger partial charge in [-0.15, -0.1) is 0 Å². The summed E-state index contributed by atoms with van der Waals surface area (Å²) in [5.74, 6) is 1.11. The van der Waals surface area contributed by atoms with Gasteiger partial charge in [0, 0.05) is 18.2 Å². The SMILES string of the molecule is Nc1[nH]nc2nc(C3CCNC3)ccc12. The van der Waals surface area contributed by atoms with Crippen molar-refractivity contribution in [3.05, 3.63) is 17.8 Å². The lowest BCUT2D eigenvalue weighted by molar-refractivity contribution is 0.738. The highest BCUT2D eigenvalue weighted by molar-refractivity contribution is 5.85. The number of rotatable bonds is 1. The Bertz CT molecular complexity index is 484. The molecule has 2 aromatic heterocycles. The Labute approximate surface area is 87.1 Å². The van der Waals surface area contributed by atoms with Gasteiger partial charge in [0.1, 0.15) is 5.82 Å². The molecule has 1 atom stereocenters. The summed E-state index contributed by atoms with van der Waals surface area (Å²) < 4.78 is 0. The third-order valence-electron chi connectivity index (χ3n) is 2.95. The lowest BCUT2D eigenvalue weighted by Crippen LogP contribution is -2.08. The van der Waals surface area contributed by atoms with E-state index in [4.69, 9.17) is 5.73 Å². The van der Waals surface area contributed by atoms with Crippen molar-refractivity contribution in [1.29, 1.82) is 0 Å². The van der Waals surface area contributed by atoms with E-state index in [1.54, 1.807) is 0 Å². The summed E-state index contributed by atoms with van der Waals surface area (Å²) >= 11 is 0. The molecule has 3 rings (SSSR count). The number of aromatic nitrogens is 3. The number of anilines is 1. The second kappa shape index (κ2) is 3.20. The molecule has 0 aromatic carbocycles. The average molecular weight is 203 g/mol. The van der Waals surface area contributed by atoms with E-state index in [-0.39, 0.29) is 0 Å².